The molecule has 1 aromatic rings. The quantitative estimate of drug-likeness (QED) is 0.827. The number of primary amides is 1. The van der Waals surface area contributed by atoms with Crippen molar-refractivity contribution < 1.29 is 9.63 Å². The molecule has 1 aliphatic heterocycles. The number of rotatable bonds is 3. The largest absolute Gasteiger partial charge is 0.382 e. The highest BCUT2D eigenvalue weighted by Crippen LogP contribution is 2.14. The monoisotopic (exact) mass is 218 g/mol. The molecule has 1 aliphatic rings. The Morgan fingerprint density at radius 1 is 1.62 bits per heavy atom. The number of hydrogen-bond donors (Lipinski definition) is 1. The van der Waals surface area contributed by atoms with Crippen LogP contribution < -0.4 is 5.73 Å². The topological polar surface area (TPSA) is 64.7 Å². The van der Waals surface area contributed by atoms with Crippen LogP contribution in [0.1, 0.15) is 17.5 Å². The van der Waals surface area contributed by atoms with Gasteiger partial charge >= 0.3 is 0 Å². The average Bonchev–Trinajstić information content (AvgIpc) is 2.66. The van der Waals surface area contributed by atoms with Gasteiger partial charge in [-0.2, -0.15) is 0 Å². The van der Waals surface area contributed by atoms with Crippen LogP contribution in [0.5, 0.6) is 0 Å². The highest BCUT2D eigenvalue weighted by molar-refractivity contribution is 5.93. The minimum atomic E-state index is -0.584. The highest BCUT2D eigenvalue weighted by Gasteiger charge is 2.25. The van der Waals surface area contributed by atoms with Gasteiger partial charge in [-0.25, -0.2) is 0 Å². The molecule has 1 amide bonds. The molecule has 84 valence electrons. The van der Waals surface area contributed by atoms with E-state index in [1.807, 2.05) is 25.1 Å². The predicted octanol–water partition coefficient (Wildman–Crippen LogP) is 1.17. The maximum Gasteiger partial charge on any atom is 0.261 e. The molecule has 0 saturated heterocycles. The molecular weight excluding hydrogens is 204 g/mol. The lowest BCUT2D eigenvalue weighted by atomic mass is 10.0. The van der Waals surface area contributed by atoms with Crippen LogP contribution in [0.25, 0.3) is 0 Å². The minimum absolute atomic E-state index is 0.456. The van der Waals surface area contributed by atoms with E-state index in [2.05, 4.69) is 11.2 Å². The van der Waals surface area contributed by atoms with Gasteiger partial charge in [-0.1, -0.05) is 35.0 Å². The van der Waals surface area contributed by atoms with Gasteiger partial charge in [0.05, 0.1) is 5.71 Å². The Hall–Kier alpha value is -1.84. The SMILES string of the molecule is Cc1cccc(CC2=NOC(C(N)=O)C2)c1. The molecule has 2 N–H and O–H groups in total. The van der Waals surface area contributed by atoms with Gasteiger partial charge in [-0.3, -0.25) is 4.79 Å². The summed E-state index contributed by atoms with van der Waals surface area (Å²) in [6.45, 7) is 2.04. The lowest BCUT2D eigenvalue weighted by Gasteiger charge is -2.02. The number of aryl methyl sites for hydroxylation is 1. The number of oxime groups is 1. The van der Waals surface area contributed by atoms with Crippen LogP contribution in [-0.2, 0) is 16.1 Å². The van der Waals surface area contributed by atoms with Crippen molar-refractivity contribution in [1.29, 1.82) is 0 Å². The van der Waals surface area contributed by atoms with Crippen molar-refractivity contribution in [2.24, 2.45) is 10.9 Å². The van der Waals surface area contributed by atoms with Crippen molar-refractivity contribution in [3.63, 3.8) is 0 Å². The number of carbonyl (C=O) groups is 1. The summed E-state index contributed by atoms with van der Waals surface area (Å²) in [7, 11) is 0. The second kappa shape index (κ2) is 4.35. The first-order chi connectivity index (χ1) is 7.65. The summed E-state index contributed by atoms with van der Waals surface area (Å²) in [6, 6.07) is 8.18. The van der Waals surface area contributed by atoms with Crippen molar-refractivity contribution in [2.45, 2.75) is 25.9 Å². The highest BCUT2D eigenvalue weighted by atomic mass is 16.6. The molecule has 0 aromatic heterocycles. The van der Waals surface area contributed by atoms with Crippen LogP contribution in [0.15, 0.2) is 29.4 Å². The molecule has 4 nitrogen and oxygen atoms in total. The Bertz CT molecular complexity index is 440. The Kier molecular flexibility index (Phi) is 2.90. The zero-order chi connectivity index (χ0) is 11.5. The van der Waals surface area contributed by atoms with Gasteiger partial charge in [0.2, 0.25) is 6.10 Å². The summed E-state index contributed by atoms with van der Waals surface area (Å²) in [5.74, 6) is -0.456. The number of amides is 1. The number of nitrogens with zero attached hydrogens (tertiary/aromatic N) is 1. The van der Waals surface area contributed by atoms with Crippen molar-refractivity contribution in [3.05, 3.63) is 35.4 Å². The van der Waals surface area contributed by atoms with Gasteiger partial charge in [0, 0.05) is 12.8 Å². The summed E-state index contributed by atoms with van der Waals surface area (Å²) in [5.41, 5.74) is 8.40. The molecule has 0 radical (unpaired) electrons. The van der Waals surface area contributed by atoms with E-state index in [0.29, 0.717) is 12.8 Å². The third-order valence-electron chi connectivity index (χ3n) is 2.54. The molecule has 1 heterocycles. The second-order valence-electron chi connectivity index (χ2n) is 4.02. The second-order valence-corrected chi connectivity index (χ2v) is 4.02. The van der Waals surface area contributed by atoms with Crippen LogP contribution in [0.4, 0.5) is 0 Å². The molecule has 16 heavy (non-hydrogen) atoms. The Labute approximate surface area is 94.1 Å². The Morgan fingerprint density at radius 2 is 2.44 bits per heavy atom. The van der Waals surface area contributed by atoms with Crippen LogP contribution in [0, 0.1) is 6.92 Å². The first-order valence-corrected chi connectivity index (χ1v) is 5.21. The molecule has 2 rings (SSSR count). The predicted molar refractivity (Wildman–Crippen MR) is 61.0 cm³/mol. The van der Waals surface area contributed by atoms with Crippen molar-refractivity contribution in [3.8, 4) is 0 Å². The zero-order valence-electron chi connectivity index (χ0n) is 9.14. The molecule has 0 fully saturated rings. The minimum Gasteiger partial charge on any atom is -0.382 e. The first kappa shape index (κ1) is 10.7. The van der Waals surface area contributed by atoms with E-state index in [1.54, 1.807) is 0 Å². The summed E-state index contributed by atoms with van der Waals surface area (Å²) < 4.78 is 0. The van der Waals surface area contributed by atoms with Crippen molar-refractivity contribution in [2.75, 3.05) is 0 Å². The fourth-order valence-electron chi connectivity index (χ4n) is 1.74. The standard InChI is InChI=1S/C12H14N2O2/c1-8-3-2-4-9(5-8)6-10-7-11(12(13)15)16-14-10/h2-5,11H,6-7H2,1H3,(H2,13,15). The lowest BCUT2D eigenvalue weighted by Crippen LogP contribution is -2.28. The lowest BCUT2D eigenvalue weighted by molar-refractivity contribution is -0.127. The van der Waals surface area contributed by atoms with E-state index in [1.165, 1.54) is 11.1 Å². The maximum absolute atomic E-state index is 10.9. The molecular formula is C12H14N2O2. The summed E-state index contributed by atoms with van der Waals surface area (Å²) in [6.07, 6.45) is 0.633. The van der Waals surface area contributed by atoms with Gasteiger partial charge in [-0.05, 0) is 12.5 Å². The van der Waals surface area contributed by atoms with E-state index in [9.17, 15) is 4.79 Å². The third kappa shape index (κ3) is 2.39. The van der Waals surface area contributed by atoms with E-state index < -0.39 is 12.0 Å². The van der Waals surface area contributed by atoms with Gasteiger partial charge in [-0.15, -0.1) is 0 Å². The van der Waals surface area contributed by atoms with E-state index in [0.717, 1.165) is 5.71 Å². The van der Waals surface area contributed by atoms with E-state index >= 15 is 0 Å². The van der Waals surface area contributed by atoms with Crippen LogP contribution in [0.2, 0.25) is 0 Å². The van der Waals surface area contributed by atoms with Gasteiger partial charge in [0.25, 0.3) is 5.91 Å². The summed E-state index contributed by atoms with van der Waals surface area (Å²) >= 11 is 0. The molecule has 0 spiro atoms. The van der Waals surface area contributed by atoms with Crippen LogP contribution in [0.3, 0.4) is 0 Å². The van der Waals surface area contributed by atoms with Gasteiger partial charge < -0.3 is 10.6 Å². The molecule has 1 unspecified atom stereocenters. The fraction of sp³-hybridized carbons (Fsp3) is 0.333. The molecule has 0 aliphatic carbocycles. The Balaban J connectivity index is 1.99. The number of carbonyl (C=O) groups excluding carboxylic acids is 1. The molecule has 0 saturated carbocycles. The Morgan fingerprint density at radius 3 is 3.06 bits per heavy atom. The van der Waals surface area contributed by atoms with Gasteiger partial charge in [0.1, 0.15) is 0 Å². The zero-order valence-corrected chi connectivity index (χ0v) is 9.14. The number of nitrogens with two attached hydrogens (primary N) is 1. The maximum atomic E-state index is 10.9. The van der Waals surface area contributed by atoms with Crippen LogP contribution in [-0.4, -0.2) is 17.7 Å². The molecule has 4 heteroatoms. The van der Waals surface area contributed by atoms with Gasteiger partial charge in [0.15, 0.2) is 0 Å². The van der Waals surface area contributed by atoms with Crippen molar-refractivity contribution >= 4 is 11.6 Å². The van der Waals surface area contributed by atoms with E-state index in [-0.39, 0.29) is 0 Å². The normalized spacial score (nSPS) is 19.1. The number of hydrogen-bond acceptors (Lipinski definition) is 3. The molecule has 1 atom stereocenters. The van der Waals surface area contributed by atoms with E-state index in [4.69, 9.17) is 10.6 Å². The summed E-state index contributed by atoms with van der Waals surface area (Å²) in [4.78, 5) is 15.8. The molecule has 1 aromatic carbocycles. The summed E-state index contributed by atoms with van der Waals surface area (Å²) in [5, 5.41) is 3.88. The van der Waals surface area contributed by atoms with Crippen LogP contribution >= 0.6 is 0 Å². The molecule has 0 bridgehead atoms. The smallest absolute Gasteiger partial charge is 0.261 e. The average molecular weight is 218 g/mol. The number of benzene rings is 1. The first-order valence-electron chi connectivity index (χ1n) is 5.21. The fourth-order valence-corrected chi connectivity index (χ4v) is 1.74. The van der Waals surface area contributed by atoms with Crippen molar-refractivity contribution in [1.82, 2.24) is 0 Å². The third-order valence-corrected chi connectivity index (χ3v) is 2.54.